The third kappa shape index (κ3) is 5.60. The van der Waals surface area contributed by atoms with Gasteiger partial charge in [-0.15, -0.1) is 0 Å². The molecule has 0 saturated carbocycles. The zero-order valence-corrected chi connectivity index (χ0v) is 7.94. The minimum Gasteiger partial charge on any atom is -0.352 e. The highest BCUT2D eigenvalue weighted by molar-refractivity contribution is 5.69. The highest BCUT2D eigenvalue weighted by atomic mass is 16.2. The van der Waals surface area contributed by atoms with E-state index in [-0.39, 0.29) is 0 Å². The fourth-order valence-corrected chi connectivity index (χ4v) is 0.768. The van der Waals surface area contributed by atoms with Crippen LogP contribution in [0.25, 0.3) is 12.2 Å². The molecular formula is C11H14N2O. The number of amides is 2. The van der Waals surface area contributed by atoms with Crippen LogP contribution >= 0.6 is 0 Å². The van der Waals surface area contributed by atoms with Crippen molar-refractivity contribution in [3.05, 3.63) is 48.6 Å². The Morgan fingerprint density at radius 1 is 1.00 bits per heavy atom. The Bertz CT molecular complexity index is 284. The molecular weight excluding hydrogens is 176 g/mol. The summed E-state index contributed by atoms with van der Waals surface area (Å²) >= 11 is 0. The molecule has 1 aromatic carbocycles. The zero-order valence-electron chi connectivity index (χ0n) is 7.94. The van der Waals surface area contributed by atoms with Crippen molar-refractivity contribution in [2.75, 3.05) is 0 Å². The maximum absolute atomic E-state index is 9.00. The summed E-state index contributed by atoms with van der Waals surface area (Å²) in [6.45, 7) is 7.32. The predicted octanol–water partition coefficient (Wildman–Crippen LogP) is 2.00. The van der Waals surface area contributed by atoms with Crippen molar-refractivity contribution in [1.29, 1.82) is 0 Å². The molecule has 3 heteroatoms. The number of rotatable bonds is 2. The number of nitrogens with two attached hydrogens (primary N) is 2. The second-order valence-electron chi connectivity index (χ2n) is 2.48. The van der Waals surface area contributed by atoms with Crippen molar-refractivity contribution in [3.63, 3.8) is 0 Å². The van der Waals surface area contributed by atoms with E-state index in [1.54, 1.807) is 0 Å². The van der Waals surface area contributed by atoms with Gasteiger partial charge in [0.1, 0.15) is 0 Å². The van der Waals surface area contributed by atoms with Gasteiger partial charge in [0.2, 0.25) is 0 Å². The van der Waals surface area contributed by atoms with Crippen molar-refractivity contribution in [3.8, 4) is 0 Å². The van der Waals surface area contributed by atoms with Gasteiger partial charge in [0, 0.05) is 0 Å². The molecule has 0 spiro atoms. The fourth-order valence-electron chi connectivity index (χ4n) is 0.768. The first-order valence-corrected chi connectivity index (χ1v) is 4.00. The highest BCUT2D eigenvalue weighted by Crippen LogP contribution is 2.05. The average molecular weight is 190 g/mol. The van der Waals surface area contributed by atoms with Crippen LogP contribution in [0.3, 0.4) is 0 Å². The van der Waals surface area contributed by atoms with Gasteiger partial charge < -0.3 is 11.5 Å². The molecule has 3 nitrogen and oxygen atoms in total. The van der Waals surface area contributed by atoms with Crippen LogP contribution in [-0.4, -0.2) is 6.03 Å². The minimum absolute atomic E-state index is 0.833. The number of primary amides is 2. The maximum atomic E-state index is 9.00. The van der Waals surface area contributed by atoms with Gasteiger partial charge in [-0.2, -0.15) is 0 Å². The molecule has 14 heavy (non-hydrogen) atoms. The summed E-state index contributed by atoms with van der Waals surface area (Å²) in [6.07, 6.45) is 3.65. The third-order valence-electron chi connectivity index (χ3n) is 1.41. The second kappa shape index (κ2) is 6.48. The van der Waals surface area contributed by atoms with E-state index in [1.807, 2.05) is 36.4 Å². The van der Waals surface area contributed by atoms with E-state index in [4.69, 9.17) is 4.79 Å². The van der Waals surface area contributed by atoms with Gasteiger partial charge in [0.15, 0.2) is 0 Å². The summed E-state index contributed by atoms with van der Waals surface area (Å²) in [4.78, 5) is 9.00. The fraction of sp³-hybridized carbons (Fsp3) is 0. The predicted molar refractivity (Wildman–Crippen MR) is 60.4 cm³/mol. The van der Waals surface area contributed by atoms with E-state index in [0.717, 1.165) is 11.1 Å². The van der Waals surface area contributed by atoms with Crippen LogP contribution in [0.2, 0.25) is 0 Å². The molecule has 4 N–H and O–H groups in total. The van der Waals surface area contributed by atoms with Gasteiger partial charge in [-0.25, -0.2) is 4.79 Å². The SMILES string of the molecule is C=Cc1ccc(C=C)cc1.NC(N)=O. The Kier molecular flexibility index (Phi) is 5.54. The maximum Gasteiger partial charge on any atom is 0.309 e. The van der Waals surface area contributed by atoms with E-state index in [0.29, 0.717) is 0 Å². The first-order valence-electron chi connectivity index (χ1n) is 4.00. The molecule has 0 aliphatic heterocycles. The van der Waals surface area contributed by atoms with Gasteiger partial charge >= 0.3 is 6.03 Å². The zero-order chi connectivity index (χ0) is 11.0. The van der Waals surface area contributed by atoms with E-state index >= 15 is 0 Å². The largest absolute Gasteiger partial charge is 0.352 e. The molecule has 1 aromatic rings. The van der Waals surface area contributed by atoms with Crippen molar-refractivity contribution in [2.45, 2.75) is 0 Å². The lowest BCUT2D eigenvalue weighted by Crippen LogP contribution is -2.18. The molecule has 0 unspecified atom stereocenters. The number of hydrogen-bond donors (Lipinski definition) is 2. The summed E-state index contributed by atoms with van der Waals surface area (Å²) in [5.74, 6) is 0. The molecule has 1 rings (SSSR count). The van der Waals surface area contributed by atoms with Gasteiger partial charge in [-0.1, -0.05) is 49.6 Å². The number of urea groups is 1. The molecule has 0 radical (unpaired) electrons. The van der Waals surface area contributed by atoms with E-state index in [9.17, 15) is 0 Å². The monoisotopic (exact) mass is 190 g/mol. The molecule has 74 valence electrons. The smallest absolute Gasteiger partial charge is 0.309 e. The minimum atomic E-state index is -0.833. The Hall–Kier alpha value is -2.03. The lowest BCUT2D eigenvalue weighted by Gasteiger charge is -1.92. The van der Waals surface area contributed by atoms with E-state index in [1.165, 1.54) is 0 Å². The van der Waals surface area contributed by atoms with Crippen LogP contribution in [0.15, 0.2) is 37.4 Å². The first-order chi connectivity index (χ1) is 6.60. The molecule has 2 amide bonds. The molecule has 0 heterocycles. The van der Waals surface area contributed by atoms with Gasteiger partial charge in [0.25, 0.3) is 0 Å². The van der Waals surface area contributed by atoms with Crippen LogP contribution in [0.4, 0.5) is 4.79 Å². The van der Waals surface area contributed by atoms with Crippen molar-refractivity contribution >= 4 is 18.2 Å². The molecule has 0 aliphatic carbocycles. The lowest BCUT2D eigenvalue weighted by atomic mass is 10.1. The second-order valence-corrected chi connectivity index (χ2v) is 2.48. The number of benzene rings is 1. The first kappa shape index (κ1) is 12.0. The highest BCUT2D eigenvalue weighted by Gasteiger charge is 1.84. The van der Waals surface area contributed by atoms with Crippen molar-refractivity contribution in [1.82, 2.24) is 0 Å². The van der Waals surface area contributed by atoms with Gasteiger partial charge in [0.05, 0.1) is 0 Å². The average Bonchev–Trinajstić information content (AvgIpc) is 2.17. The summed E-state index contributed by atoms with van der Waals surface area (Å²) < 4.78 is 0. The number of carbonyl (C=O) groups is 1. The van der Waals surface area contributed by atoms with E-state index < -0.39 is 6.03 Å². The lowest BCUT2D eigenvalue weighted by molar-refractivity contribution is 0.256. The van der Waals surface area contributed by atoms with Crippen LogP contribution in [0.1, 0.15) is 11.1 Å². The number of hydrogen-bond acceptors (Lipinski definition) is 1. The van der Waals surface area contributed by atoms with Crippen molar-refractivity contribution < 1.29 is 4.79 Å². The Morgan fingerprint density at radius 2 is 1.21 bits per heavy atom. The summed E-state index contributed by atoms with van der Waals surface area (Å²) in [5, 5.41) is 0. The molecule has 0 saturated heterocycles. The van der Waals surface area contributed by atoms with Gasteiger partial charge in [-0.3, -0.25) is 0 Å². The molecule has 0 atom stereocenters. The number of carbonyl (C=O) groups excluding carboxylic acids is 1. The normalized spacial score (nSPS) is 8.00. The van der Waals surface area contributed by atoms with Crippen LogP contribution in [0, 0.1) is 0 Å². The Morgan fingerprint density at radius 3 is 1.36 bits per heavy atom. The standard InChI is InChI=1S/C10H10.CH4N2O/c1-3-9-5-7-10(4-2)8-6-9;2-1(3)4/h3-8H,1-2H2;(H4,2,3,4). The Labute approximate surface area is 83.7 Å². The third-order valence-corrected chi connectivity index (χ3v) is 1.41. The molecule has 0 fully saturated rings. The summed E-state index contributed by atoms with van der Waals surface area (Å²) in [5.41, 5.74) is 10.8. The summed E-state index contributed by atoms with van der Waals surface area (Å²) in [7, 11) is 0. The van der Waals surface area contributed by atoms with E-state index in [2.05, 4.69) is 24.6 Å². The summed E-state index contributed by atoms with van der Waals surface area (Å²) in [6, 6.07) is 7.24. The van der Waals surface area contributed by atoms with Crippen molar-refractivity contribution in [2.24, 2.45) is 11.5 Å². The van der Waals surface area contributed by atoms with Crippen LogP contribution in [-0.2, 0) is 0 Å². The van der Waals surface area contributed by atoms with Crippen LogP contribution in [0.5, 0.6) is 0 Å². The topological polar surface area (TPSA) is 69.1 Å². The molecule has 0 bridgehead atoms. The van der Waals surface area contributed by atoms with Gasteiger partial charge in [-0.05, 0) is 11.1 Å². The Balaban J connectivity index is 0.000000364. The molecule has 0 aliphatic rings. The van der Waals surface area contributed by atoms with Crippen LogP contribution < -0.4 is 11.5 Å². The quantitative estimate of drug-likeness (QED) is 0.735. The molecule has 0 aromatic heterocycles.